The smallest absolute Gasteiger partial charge is 0.214 e. The SMILES string of the molecule is O=C(CSc1nnnn1-c1ccccc1Cl)c1ccc(-c2ccccc2)cc1. The Morgan fingerprint density at radius 2 is 1.57 bits per heavy atom. The molecule has 0 unspecified atom stereocenters. The van der Waals surface area contributed by atoms with Gasteiger partial charge in [0.15, 0.2) is 5.78 Å². The fraction of sp³-hybridized carbons (Fsp3) is 0.0476. The van der Waals surface area contributed by atoms with Crippen molar-refractivity contribution in [3.05, 3.63) is 89.4 Å². The summed E-state index contributed by atoms with van der Waals surface area (Å²) in [7, 11) is 0. The summed E-state index contributed by atoms with van der Waals surface area (Å²) >= 11 is 7.50. The van der Waals surface area contributed by atoms with E-state index in [-0.39, 0.29) is 11.5 Å². The van der Waals surface area contributed by atoms with E-state index in [0.29, 0.717) is 21.4 Å². The molecule has 0 aliphatic carbocycles. The molecule has 0 amide bonds. The van der Waals surface area contributed by atoms with E-state index in [4.69, 9.17) is 11.6 Å². The summed E-state index contributed by atoms with van der Waals surface area (Å²) in [6.45, 7) is 0. The summed E-state index contributed by atoms with van der Waals surface area (Å²) in [6, 6.07) is 25.0. The van der Waals surface area contributed by atoms with E-state index in [1.54, 1.807) is 10.7 Å². The van der Waals surface area contributed by atoms with E-state index in [9.17, 15) is 4.79 Å². The quantitative estimate of drug-likeness (QED) is 0.334. The average Bonchev–Trinajstić information content (AvgIpc) is 3.21. The van der Waals surface area contributed by atoms with Gasteiger partial charge < -0.3 is 0 Å². The lowest BCUT2D eigenvalue weighted by Gasteiger charge is -2.06. The topological polar surface area (TPSA) is 60.7 Å². The maximum Gasteiger partial charge on any atom is 0.214 e. The Kier molecular flexibility index (Phi) is 5.50. The Morgan fingerprint density at radius 1 is 0.893 bits per heavy atom. The number of thioether (sulfide) groups is 1. The molecule has 0 saturated heterocycles. The number of hydrogen-bond acceptors (Lipinski definition) is 5. The standard InChI is InChI=1S/C21H15ClN4OS/c22-18-8-4-5-9-19(18)26-21(23-24-25-26)28-14-20(27)17-12-10-16(11-13-17)15-6-2-1-3-7-15/h1-13H,14H2. The highest BCUT2D eigenvalue weighted by atomic mass is 35.5. The molecule has 0 atom stereocenters. The Hall–Kier alpha value is -2.96. The van der Waals surface area contributed by atoms with Gasteiger partial charge in [-0.25, -0.2) is 0 Å². The highest BCUT2D eigenvalue weighted by Crippen LogP contribution is 2.25. The van der Waals surface area contributed by atoms with Gasteiger partial charge in [0.1, 0.15) is 0 Å². The maximum absolute atomic E-state index is 12.6. The molecule has 28 heavy (non-hydrogen) atoms. The third kappa shape index (κ3) is 3.98. The average molecular weight is 407 g/mol. The van der Waals surface area contributed by atoms with Crippen molar-refractivity contribution in [2.75, 3.05) is 5.75 Å². The zero-order valence-electron chi connectivity index (χ0n) is 14.7. The van der Waals surface area contributed by atoms with Gasteiger partial charge in [-0.2, -0.15) is 4.68 Å². The van der Waals surface area contributed by atoms with Gasteiger partial charge in [0.2, 0.25) is 5.16 Å². The van der Waals surface area contributed by atoms with Gasteiger partial charge >= 0.3 is 0 Å². The summed E-state index contributed by atoms with van der Waals surface area (Å²) in [5, 5.41) is 12.8. The molecule has 0 fully saturated rings. The van der Waals surface area contributed by atoms with Crippen molar-refractivity contribution in [1.82, 2.24) is 20.2 Å². The first-order valence-corrected chi connectivity index (χ1v) is 9.93. The molecular formula is C21H15ClN4OS. The van der Waals surface area contributed by atoms with Crippen molar-refractivity contribution in [3.63, 3.8) is 0 Å². The van der Waals surface area contributed by atoms with Gasteiger partial charge in [0.25, 0.3) is 0 Å². The minimum Gasteiger partial charge on any atom is -0.293 e. The van der Waals surface area contributed by atoms with Crippen LogP contribution in [0.2, 0.25) is 5.02 Å². The summed E-state index contributed by atoms with van der Waals surface area (Å²) in [5.74, 6) is 0.244. The Balaban J connectivity index is 1.46. The molecule has 4 aromatic rings. The number of halogens is 1. The summed E-state index contributed by atoms with van der Waals surface area (Å²) in [5.41, 5.74) is 3.53. The molecule has 4 rings (SSSR count). The molecule has 3 aromatic carbocycles. The fourth-order valence-corrected chi connectivity index (χ4v) is 3.73. The molecule has 0 saturated carbocycles. The number of carbonyl (C=O) groups excluding carboxylic acids is 1. The number of rotatable bonds is 6. The molecule has 1 aromatic heterocycles. The van der Waals surface area contributed by atoms with Gasteiger partial charge in [0.05, 0.1) is 16.5 Å². The second-order valence-electron chi connectivity index (χ2n) is 5.98. The van der Waals surface area contributed by atoms with Crippen molar-refractivity contribution < 1.29 is 4.79 Å². The first kappa shape index (κ1) is 18.4. The number of Topliss-reactive ketones (excluding diaryl/α,β-unsaturated/α-hetero) is 1. The van der Waals surface area contributed by atoms with Crippen LogP contribution in [0.1, 0.15) is 10.4 Å². The van der Waals surface area contributed by atoms with E-state index < -0.39 is 0 Å². The van der Waals surface area contributed by atoms with E-state index in [1.165, 1.54) is 11.8 Å². The molecule has 5 nitrogen and oxygen atoms in total. The van der Waals surface area contributed by atoms with Crippen LogP contribution in [-0.2, 0) is 0 Å². The minimum absolute atomic E-state index is 0.0123. The van der Waals surface area contributed by atoms with Crippen LogP contribution >= 0.6 is 23.4 Å². The largest absolute Gasteiger partial charge is 0.293 e. The molecule has 0 aliphatic rings. The van der Waals surface area contributed by atoms with Gasteiger partial charge in [-0.05, 0) is 33.7 Å². The summed E-state index contributed by atoms with van der Waals surface area (Å²) < 4.78 is 1.54. The van der Waals surface area contributed by atoms with Gasteiger partial charge in [-0.1, -0.05) is 90.1 Å². The predicted octanol–water partition coefficient (Wildman–Crippen LogP) is 4.96. The van der Waals surface area contributed by atoms with Crippen LogP contribution in [0.5, 0.6) is 0 Å². The molecular weight excluding hydrogens is 392 g/mol. The lowest BCUT2D eigenvalue weighted by Crippen LogP contribution is -2.05. The normalized spacial score (nSPS) is 10.8. The van der Waals surface area contributed by atoms with E-state index in [1.807, 2.05) is 72.8 Å². The van der Waals surface area contributed by atoms with Crippen LogP contribution in [0.4, 0.5) is 0 Å². The molecule has 0 radical (unpaired) electrons. The van der Waals surface area contributed by atoms with Crippen molar-refractivity contribution in [3.8, 4) is 16.8 Å². The highest BCUT2D eigenvalue weighted by Gasteiger charge is 2.14. The first-order chi connectivity index (χ1) is 13.7. The van der Waals surface area contributed by atoms with Crippen LogP contribution < -0.4 is 0 Å². The Labute approximate surface area is 171 Å². The van der Waals surface area contributed by atoms with Gasteiger partial charge in [-0.15, -0.1) is 5.10 Å². The lowest BCUT2D eigenvalue weighted by atomic mass is 10.0. The predicted molar refractivity (Wildman–Crippen MR) is 111 cm³/mol. The molecule has 7 heteroatoms. The Bertz CT molecular complexity index is 1100. The van der Waals surface area contributed by atoms with Crippen molar-refractivity contribution in [2.45, 2.75) is 5.16 Å². The number of nitrogens with zero attached hydrogens (tertiary/aromatic N) is 4. The van der Waals surface area contributed by atoms with E-state index >= 15 is 0 Å². The number of para-hydroxylation sites is 1. The second-order valence-corrected chi connectivity index (χ2v) is 7.33. The minimum atomic E-state index is 0.0123. The highest BCUT2D eigenvalue weighted by molar-refractivity contribution is 7.99. The number of carbonyl (C=O) groups is 1. The molecule has 0 N–H and O–H groups in total. The molecule has 138 valence electrons. The van der Waals surface area contributed by atoms with Gasteiger partial charge in [0, 0.05) is 5.56 Å². The maximum atomic E-state index is 12.6. The molecule has 0 bridgehead atoms. The molecule has 0 aliphatic heterocycles. The molecule has 0 spiro atoms. The van der Waals surface area contributed by atoms with Gasteiger partial charge in [-0.3, -0.25) is 4.79 Å². The van der Waals surface area contributed by atoms with Crippen molar-refractivity contribution in [1.29, 1.82) is 0 Å². The fourth-order valence-electron chi connectivity index (χ4n) is 2.74. The van der Waals surface area contributed by atoms with Crippen molar-refractivity contribution in [2.24, 2.45) is 0 Å². The number of hydrogen-bond donors (Lipinski definition) is 0. The zero-order chi connectivity index (χ0) is 19.3. The van der Waals surface area contributed by atoms with E-state index in [0.717, 1.165) is 11.1 Å². The number of ketones is 1. The van der Waals surface area contributed by atoms with Crippen LogP contribution in [0, 0.1) is 0 Å². The van der Waals surface area contributed by atoms with Crippen molar-refractivity contribution >= 4 is 29.1 Å². The lowest BCUT2D eigenvalue weighted by molar-refractivity contribution is 0.102. The van der Waals surface area contributed by atoms with Crippen LogP contribution in [0.25, 0.3) is 16.8 Å². The number of benzene rings is 3. The second kappa shape index (κ2) is 8.37. The van der Waals surface area contributed by atoms with E-state index in [2.05, 4.69) is 15.5 Å². The third-order valence-electron chi connectivity index (χ3n) is 4.17. The Morgan fingerprint density at radius 3 is 2.32 bits per heavy atom. The third-order valence-corrected chi connectivity index (χ3v) is 5.41. The van der Waals surface area contributed by atoms with Crippen LogP contribution in [0.3, 0.4) is 0 Å². The zero-order valence-corrected chi connectivity index (χ0v) is 16.3. The number of aromatic nitrogens is 4. The van der Waals surface area contributed by atoms with Crippen LogP contribution in [0.15, 0.2) is 84.0 Å². The summed E-state index contributed by atoms with van der Waals surface area (Å²) in [6.07, 6.45) is 0. The molecule has 1 heterocycles. The van der Waals surface area contributed by atoms with Crippen LogP contribution in [-0.4, -0.2) is 31.7 Å². The monoisotopic (exact) mass is 406 g/mol. The first-order valence-electron chi connectivity index (χ1n) is 8.57. The summed E-state index contributed by atoms with van der Waals surface area (Å²) in [4.78, 5) is 12.6. The number of tetrazole rings is 1.